The highest BCUT2D eigenvalue weighted by atomic mass is 32.2. The van der Waals surface area contributed by atoms with E-state index in [1.165, 1.54) is 54.1 Å². The second-order valence-electron chi connectivity index (χ2n) is 6.01. The third-order valence-electron chi connectivity index (χ3n) is 3.73. The first-order valence-electron chi connectivity index (χ1n) is 11.0. The van der Waals surface area contributed by atoms with Crippen molar-refractivity contribution in [3.05, 3.63) is 71.8 Å². The zero-order chi connectivity index (χ0) is 20.8. The monoisotopic (exact) mass is 389 g/mol. The third-order valence-corrected chi connectivity index (χ3v) is 6.20. The van der Waals surface area contributed by atoms with Crippen molar-refractivity contribution in [2.24, 2.45) is 0 Å². The van der Waals surface area contributed by atoms with E-state index < -0.39 is 0 Å². The number of aryl methyl sites for hydroxylation is 1. The Morgan fingerprint density at radius 3 is 1.37 bits per heavy atom. The molecule has 1 heteroatoms. The molecule has 0 bridgehead atoms. The van der Waals surface area contributed by atoms with Gasteiger partial charge in [0.15, 0.2) is 0 Å². The normalized spacial score (nSPS) is 9.19. The molecule has 2 rings (SSSR count). The van der Waals surface area contributed by atoms with Crippen LogP contribution in [0.1, 0.15) is 78.4 Å². The van der Waals surface area contributed by atoms with Gasteiger partial charge in [0, 0.05) is 5.56 Å². The maximum atomic E-state index is 2.30. The van der Waals surface area contributed by atoms with Crippen molar-refractivity contribution in [1.82, 2.24) is 0 Å². The van der Waals surface area contributed by atoms with Crippen molar-refractivity contribution >= 4 is 10.9 Å². The van der Waals surface area contributed by atoms with Crippen LogP contribution in [0, 0.1) is 6.92 Å². The van der Waals surface area contributed by atoms with Crippen LogP contribution in [0.3, 0.4) is 0 Å². The van der Waals surface area contributed by atoms with Crippen molar-refractivity contribution in [2.75, 3.05) is 11.5 Å². The van der Waals surface area contributed by atoms with Crippen LogP contribution in [0.2, 0.25) is 0 Å². The standard InChI is InChI=1S/C15H25S.C7H8.2C2H6/c1-3-5-12-16(13-6-4-2)14-15-10-8-7-9-11-15;1-7-5-3-2-4-6-7;2*1-2/h7-11H,3-6,12-14H2,1-2H3;2-6H,1H3;2*1-2H3/q+1;;;. The van der Waals surface area contributed by atoms with E-state index in [2.05, 4.69) is 63.2 Å². The van der Waals surface area contributed by atoms with Gasteiger partial charge in [-0.25, -0.2) is 0 Å². The van der Waals surface area contributed by atoms with Crippen LogP contribution in [-0.2, 0) is 16.6 Å². The number of benzene rings is 2. The highest BCUT2D eigenvalue weighted by Crippen LogP contribution is 2.13. The molecule has 0 saturated carbocycles. The van der Waals surface area contributed by atoms with Gasteiger partial charge >= 0.3 is 0 Å². The molecule has 0 aliphatic heterocycles. The van der Waals surface area contributed by atoms with Crippen LogP contribution >= 0.6 is 0 Å². The van der Waals surface area contributed by atoms with Gasteiger partial charge in [-0.05, 0) is 30.7 Å². The van der Waals surface area contributed by atoms with E-state index in [0.29, 0.717) is 10.9 Å². The Balaban J connectivity index is 0. The van der Waals surface area contributed by atoms with E-state index in [-0.39, 0.29) is 0 Å². The van der Waals surface area contributed by atoms with Crippen molar-refractivity contribution in [3.63, 3.8) is 0 Å². The molecule has 0 N–H and O–H groups in total. The average molecular weight is 390 g/mol. The van der Waals surface area contributed by atoms with Gasteiger partial charge < -0.3 is 0 Å². The maximum Gasteiger partial charge on any atom is 0.133 e. The minimum absolute atomic E-state index is 0.625. The molecule has 2 aromatic carbocycles. The van der Waals surface area contributed by atoms with Gasteiger partial charge in [0.1, 0.15) is 17.3 Å². The summed E-state index contributed by atoms with van der Waals surface area (Å²) in [4.78, 5) is 0. The molecule has 2 aromatic rings. The molecule has 0 aromatic heterocycles. The van der Waals surface area contributed by atoms with Crippen molar-refractivity contribution in [2.45, 2.75) is 79.9 Å². The zero-order valence-corrected chi connectivity index (χ0v) is 19.9. The summed E-state index contributed by atoms with van der Waals surface area (Å²) in [6.45, 7) is 14.7. The Bertz CT molecular complexity index is 470. The predicted molar refractivity (Wildman–Crippen MR) is 131 cm³/mol. The van der Waals surface area contributed by atoms with Crippen LogP contribution in [0.25, 0.3) is 0 Å². The van der Waals surface area contributed by atoms with Gasteiger partial charge in [0.05, 0.1) is 0 Å². The predicted octanol–water partition coefficient (Wildman–Crippen LogP) is 8.45. The van der Waals surface area contributed by atoms with Crippen LogP contribution < -0.4 is 0 Å². The number of hydrogen-bond donors (Lipinski definition) is 0. The molecular weight excluding hydrogens is 344 g/mol. The van der Waals surface area contributed by atoms with E-state index in [1.54, 1.807) is 0 Å². The van der Waals surface area contributed by atoms with E-state index in [4.69, 9.17) is 0 Å². The lowest BCUT2D eigenvalue weighted by Crippen LogP contribution is -2.14. The Morgan fingerprint density at radius 1 is 0.630 bits per heavy atom. The summed E-state index contributed by atoms with van der Waals surface area (Å²) < 4.78 is 0. The Labute approximate surface area is 174 Å². The quantitative estimate of drug-likeness (QED) is 0.397. The molecule has 0 fully saturated rings. The largest absolute Gasteiger partial charge is 0.133 e. The first kappa shape index (κ1) is 28.0. The summed E-state index contributed by atoms with van der Waals surface area (Å²) in [6.07, 6.45) is 5.48. The molecule has 0 aliphatic rings. The lowest BCUT2D eigenvalue weighted by Gasteiger charge is -2.08. The van der Waals surface area contributed by atoms with Gasteiger partial charge in [0.25, 0.3) is 0 Å². The van der Waals surface area contributed by atoms with E-state index in [9.17, 15) is 0 Å². The van der Waals surface area contributed by atoms with Gasteiger partial charge in [0.2, 0.25) is 0 Å². The number of hydrogen-bond acceptors (Lipinski definition) is 0. The molecule has 0 aliphatic carbocycles. The summed E-state index contributed by atoms with van der Waals surface area (Å²) in [5.74, 6) is 4.18. The fourth-order valence-corrected chi connectivity index (χ4v) is 4.84. The summed E-state index contributed by atoms with van der Waals surface area (Å²) in [5.41, 5.74) is 2.85. The fourth-order valence-electron chi connectivity index (χ4n) is 2.29. The second kappa shape index (κ2) is 22.8. The molecule has 0 radical (unpaired) electrons. The molecule has 0 unspecified atom stereocenters. The van der Waals surface area contributed by atoms with Crippen LogP contribution in [0.5, 0.6) is 0 Å². The first-order valence-corrected chi connectivity index (χ1v) is 12.7. The molecular formula is C26H45S+. The summed E-state index contributed by atoms with van der Waals surface area (Å²) in [7, 11) is 0.625. The lowest BCUT2D eigenvalue weighted by atomic mass is 10.2. The smallest absolute Gasteiger partial charge is 0.0683 e. The minimum atomic E-state index is 0.625. The second-order valence-corrected chi connectivity index (χ2v) is 8.34. The van der Waals surface area contributed by atoms with Crippen molar-refractivity contribution in [1.29, 1.82) is 0 Å². The SMILES string of the molecule is CC.CC.CCCC[S+](CCCC)Cc1ccccc1.Cc1ccccc1. The van der Waals surface area contributed by atoms with Crippen molar-refractivity contribution < 1.29 is 0 Å². The molecule has 0 atom stereocenters. The summed E-state index contributed by atoms with van der Waals surface area (Å²) in [5, 5.41) is 0. The Morgan fingerprint density at radius 2 is 1.04 bits per heavy atom. The number of rotatable bonds is 8. The van der Waals surface area contributed by atoms with Gasteiger partial charge in [-0.2, -0.15) is 0 Å². The molecule has 0 heterocycles. The average Bonchev–Trinajstić information content (AvgIpc) is 2.75. The molecule has 27 heavy (non-hydrogen) atoms. The van der Waals surface area contributed by atoms with E-state index in [1.807, 2.05) is 45.9 Å². The van der Waals surface area contributed by atoms with Crippen molar-refractivity contribution in [3.8, 4) is 0 Å². The third kappa shape index (κ3) is 17.9. The summed E-state index contributed by atoms with van der Waals surface area (Å²) in [6, 6.07) is 21.3. The first-order chi connectivity index (χ1) is 13.3. The van der Waals surface area contributed by atoms with E-state index >= 15 is 0 Å². The molecule has 0 nitrogen and oxygen atoms in total. The topological polar surface area (TPSA) is 0 Å². The lowest BCUT2D eigenvalue weighted by molar-refractivity contribution is 0.870. The highest BCUT2D eigenvalue weighted by Gasteiger charge is 2.16. The van der Waals surface area contributed by atoms with Gasteiger partial charge in [-0.1, -0.05) is 121 Å². The molecule has 0 saturated heterocycles. The van der Waals surface area contributed by atoms with Crippen LogP contribution in [-0.4, -0.2) is 11.5 Å². The fraction of sp³-hybridized carbons (Fsp3) is 0.538. The maximum absolute atomic E-state index is 2.30. The summed E-state index contributed by atoms with van der Waals surface area (Å²) >= 11 is 0. The Hall–Kier alpha value is -1.21. The Kier molecular flexibility index (Phi) is 23.7. The highest BCUT2D eigenvalue weighted by molar-refractivity contribution is 7.96. The molecule has 0 spiro atoms. The van der Waals surface area contributed by atoms with Gasteiger partial charge in [-0.15, -0.1) is 0 Å². The van der Waals surface area contributed by atoms with Crippen LogP contribution in [0.15, 0.2) is 60.7 Å². The van der Waals surface area contributed by atoms with Gasteiger partial charge in [-0.3, -0.25) is 0 Å². The van der Waals surface area contributed by atoms with Crippen LogP contribution in [0.4, 0.5) is 0 Å². The number of unbranched alkanes of at least 4 members (excludes halogenated alkanes) is 2. The molecule has 0 amide bonds. The molecule has 154 valence electrons. The minimum Gasteiger partial charge on any atom is -0.0683 e. The van der Waals surface area contributed by atoms with E-state index in [0.717, 1.165) is 0 Å². The zero-order valence-electron chi connectivity index (χ0n) is 19.1.